The molecule has 2 aromatic rings. The van der Waals surface area contributed by atoms with Gasteiger partial charge in [-0.2, -0.15) is 0 Å². The monoisotopic (exact) mass is 300 g/mol. The molecule has 0 unspecified atom stereocenters. The zero-order chi connectivity index (χ0) is 15.5. The van der Waals surface area contributed by atoms with Crippen LogP contribution in [-0.2, 0) is 0 Å². The Morgan fingerprint density at radius 1 is 1.36 bits per heavy atom. The van der Waals surface area contributed by atoms with Crippen LogP contribution < -0.4 is 9.64 Å². The van der Waals surface area contributed by atoms with Crippen molar-refractivity contribution in [1.82, 2.24) is 4.98 Å². The van der Waals surface area contributed by atoms with Crippen LogP contribution in [0.25, 0.3) is 0 Å². The van der Waals surface area contributed by atoms with Gasteiger partial charge in [0.15, 0.2) is 6.39 Å². The second-order valence-electron chi connectivity index (χ2n) is 5.55. The molecule has 3 rings (SSSR count). The van der Waals surface area contributed by atoms with Crippen LogP contribution in [0.15, 0.2) is 35.1 Å². The molecule has 0 bridgehead atoms. The minimum Gasteiger partial charge on any atom is -0.494 e. The summed E-state index contributed by atoms with van der Waals surface area (Å²) in [5.41, 5.74) is 1.48. The number of aryl methyl sites for hydroxylation is 1. The lowest BCUT2D eigenvalue weighted by molar-refractivity contribution is 0.0958. The maximum absolute atomic E-state index is 12.8. The number of anilines is 1. The summed E-state index contributed by atoms with van der Waals surface area (Å²) in [5, 5.41) is 0. The van der Waals surface area contributed by atoms with Crippen molar-refractivity contribution in [1.29, 1.82) is 0 Å². The highest BCUT2D eigenvalue weighted by Crippen LogP contribution is 2.32. The number of carbonyl (C=O) groups excluding carboxylic acids is 1. The van der Waals surface area contributed by atoms with Gasteiger partial charge in [-0.05, 0) is 56.9 Å². The zero-order valence-electron chi connectivity index (χ0n) is 12.9. The first kappa shape index (κ1) is 14.6. The minimum absolute atomic E-state index is 0.133. The standard InChI is InChI=1S/C17H20N2O3/c1-3-21-15-8-6-14(7-9-15)19(10-13-4-5-13)17(20)16-12(2)18-11-22-16/h6-9,11,13H,3-5,10H2,1-2H3. The van der Waals surface area contributed by atoms with Crippen molar-refractivity contribution in [2.45, 2.75) is 26.7 Å². The van der Waals surface area contributed by atoms with E-state index in [4.69, 9.17) is 9.15 Å². The van der Waals surface area contributed by atoms with E-state index < -0.39 is 0 Å². The first-order valence-electron chi connectivity index (χ1n) is 7.64. The lowest BCUT2D eigenvalue weighted by atomic mass is 10.2. The van der Waals surface area contributed by atoms with Crippen LogP contribution >= 0.6 is 0 Å². The molecular formula is C17H20N2O3. The van der Waals surface area contributed by atoms with E-state index >= 15 is 0 Å². The fourth-order valence-electron chi connectivity index (χ4n) is 2.38. The molecule has 1 saturated carbocycles. The van der Waals surface area contributed by atoms with Gasteiger partial charge in [0.2, 0.25) is 5.76 Å². The van der Waals surface area contributed by atoms with Crippen LogP contribution in [0.5, 0.6) is 5.75 Å². The molecule has 5 heteroatoms. The molecule has 1 aliphatic carbocycles. The third-order valence-corrected chi connectivity index (χ3v) is 3.78. The average Bonchev–Trinajstić information content (AvgIpc) is 3.25. The van der Waals surface area contributed by atoms with E-state index in [9.17, 15) is 4.79 Å². The molecular weight excluding hydrogens is 280 g/mol. The predicted molar refractivity (Wildman–Crippen MR) is 83.3 cm³/mol. The van der Waals surface area contributed by atoms with Gasteiger partial charge in [-0.25, -0.2) is 4.98 Å². The number of benzene rings is 1. The number of hydrogen-bond donors (Lipinski definition) is 0. The van der Waals surface area contributed by atoms with Crippen molar-refractivity contribution in [3.8, 4) is 5.75 Å². The van der Waals surface area contributed by atoms with Crippen LogP contribution in [0.3, 0.4) is 0 Å². The molecule has 0 saturated heterocycles. The molecule has 1 heterocycles. The summed E-state index contributed by atoms with van der Waals surface area (Å²) in [5.74, 6) is 1.57. The van der Waals surface area contributed by atoms with Gasteiger partial charge in [-0.1, -0.05) is 0 Å². The van der Waals surface area contributed by atoms with Crippen LogP contribution in [0.2, 0.25) is 0 Å². The lowest BCUT2D eigenvalue weighted by Crippen LogP contribution is -2.33. The Morgan fingerprint density at radius 3 is 2.64 bits per heavy atom. The van der Waals surface area contributed by atoms with E-state index in [0.29, 0.717) is 30.5 Å². The summed E-state index contributed by atoms with van der Waals surface area (Å²) < 4.78 is 10.7. The van der Waals surface area contributed by atoms with Gasteiger partial charge in [0.05, 0.1) is 12.3 Å². The molecule has 116 valence electrons. The highest BCUT2D eigenvalue weighted by Gasteiger charge is 2.30. The quantitative estimate of drug-likeness (QED) is 0.820. The van der Waals surface area contributed by atoms with E-state index in [1.807, 2.05) is 31.2 Å². The second-order valence-corrected chi connectivity index (χ2v) is 5.55. The van der Waals surface area contributed by atoms with Crippen molar-refractivity contribution in [3.63, 3.8) is 0 Å². The Morgan fingerprint density at radius 2 is 2.09 bits per heavy atom. The maximum atomic E-state index is 12.8. The molecule has 1 aromatic carbocycles. The van der Waals surface area contributed by atoms with E-state index in [1.165, 1.54) is 19.2 Å². The summed E-state index contributed by atoms with van der Waals surface area (Å²) in [4.78, 5) is 18.6. The van der Waals surface area contributed by atoms with Gasteiger partial charge in [0, 0.05) is 12.2 Å². The molecule has 0 radical (unpaired) electrons. The van der Waals surface area contributed by atoms with E-state index in [1.54, 1.807) is 11.8 Å². The SMILES string of the molecule is CCOc1ccc(N(CC2CC2)C(=O)c2ocnc2C)cc1. The fourth-order valence-corrected chi connectivity index (χ4v) is 2.38. The second kappa shape index (κ2) is 6.22. The molecule has 0 atom stereocenters. The molecule has 1 amide bonds. The summed E-state index contributed by atoms with van der Waals surface area (Å²) in [6.45, 7) is 5.07. The smallest absolute Gasteiger partial charge is 0.295 e. The van der Waals surface area contributed by atoms with E-state index in [-0.39, 0.29) is 5.91 Å². The molecule has 1 fully saturated rings. The zero-order valence-corrected chi connectivity index (χ0v) is 12.9. The van der Waals surface area contributed by atoms with Gasteiger partial charge in [0.25, 0.3) is 5.91 Å². The van der Waals surface area contributed by atoms with Crippen molar-refractivity contribution < 1.29 is 13.9 Å². The first-order valence-corrected chi connectivity index (χ1v) is 7.64. The fraction of sp³-hybridized carbons (Fsp3) is 0.412. The highest BCUT2D eigenvalue weighted by atomic mass is 16.5. The van der Waals surface area contributed by atoms with E-state index in [0.717, 1.165) is 11.4 Å². The first-order chi connectivity index (χ1) is 10.7. The summed E-state index contributed by atoms with van der Waals surface area (Å²) >= 11 is 0. The van der Waals surface area contributed by atoms with Gasteiger partial charge in [-0.15, -0.1) is 0 Å². The Kier molecular flexibility index (Phi) is 4.13. The normalized spacial score (nSPS) is 13.9. The summed E-state index contributed by atoms with van der Waals surface area (Å²) in [6.07, 6.45) is 3.67. The van der Waals surface area contributed by atoms with Gasteiger partial charge in [0.1, 0.15) is 5.75 Å². The summed E-state index contributed by atoms with van der Waals surface area (Å²) in [6, 6.07) is 7.60. The van der Waals surface area contributed by atoms with Crippen LogP contribution in [0.1, 0.15) is 36.0 Å². The van der Waals surface area contributed by atoms with Crippen molar-refractivity contribution in [2.75, 3.05) is 18.1 Å². The van der Waals surface area contributed by atoms with Gasteiger partial charge in [-0.3, -0.25) is 4.79 Å². The number of carbonyl (C=O) groups is 1. The predicted octanol–water partition coefficient (Wildman–Crippen LogP) is 3.44. The molecule has 22 heavy (non-hydrogen) atoms. The summed E-state index contributed by atoms with van der Waals surface area (Å²) in [7, 11) is 0. The van der Waals surface area contributed by atoms with Crippen LogP contribution in [-0.4, -0.2) is 24.0 Å². The molecule has 0 spiro atoms. The lowest BCUT2D eigenvalue weighted by Gasteiger charge is -2.22. The Bertz CT molecular complexity index is 644. The number of hydrogen-bond acceptors (Lipinski definition) is 4. The molecule has 0 aliphatic heterocycles. The Hall–Kier alpha value is -2.30. The Balaban J connectivity index is 1.85. The maximum Gasteiger partial charge on any atom is 0.295 e. The van der Waals surface area contributed by atoms with Crippen LogP contribution in [0, 0.1) is 12.8 Å². The number of nitrogens with zero attached hydrogens (tertiary/aromatic N) is 2. The topological polar surface area (TPSA) is 55.6 Å². The van der Waals surface area contributed by atoms with Gasteiger partial charge < -0.3 is 14.1 Å². The third kappa shape index (κ3) is 3.13. The van der Waals surface area contributed by atoms with Crippen LogP contribution in [0.4, 0.5) is 5.69 Å². The number of rotatable bonds is 6. The van der Waals surface area contributed by atoms with Crippen molar-refractivity contribution >= 4 is 11.6 Å². The molecule has 0 N–H and O–H groups in total. The largest absolute Gasteiger partial charge is 0.494 e. The van der Waals surface area contributed by atoms with E-state index in [2.05, 4.69) is 4.98 Å². The average molecular weight is 300 g/mol. The number of amides is 1. The Labute approximate surface area is 129 Å². The third-order valence-electron chi connectivity index (χ3n) is 3.78. The molecule has 1 aliphatic rings. The number of aromatic nitrogens is 1. The highest BCUT2D eigenvalue weighted by molar-refractivity contribution is 6.04. The van der Waals surface area contributed by atoms with Gasteiger partial charge >= 0.3 is 0 Å². The number of ether oxygens (including phenoxy) is 1. The van der Waals surface area contributed by atoms with Crippen molar-refractivity contribution in [3.05, 3.63) is 42.1 Å². The molecule has 1 aromatic heterocycles. The molecule has 5 nitrogen and oxygen atoms in total. The number of oxazole rings is 1. The minimum atomic E-state index is -0.133. The van der Waals surface area contributed by atoms with Crippen molar-refractivity contribution in [2.24, 2.45) is 5.92 Å².